The molecule has 7 nitrogen and oxygen atoms in total. The van der Waals surface area contributed by atoms with Crippen LogP contribution in [0, 0.1) is 0 Å². The van der Waals surface area contributed by atoms with Crippen molar-refractivity contribution in [3.63, 3.8) is 0 Å². The molecule has 30 heavy (non-hydrogen) atoms. The number of anilines is 1. The van der Waals surface area contributed by atoms with Crippen LogP contribution in [0.3, 0.4) is 0 Å². The van der Waals surface area contributed by atoms with Crippen LogP contribution < -0.4 is 5.32 Å². The number of rotatable bonds is 7. The Labute approximate surface area is 180 Å². The maximum absolute atomic E-state index is 12.6. The minimum absolute atomic E-state index is 0.169. The van der Waals surface area contributed by atoms with E-state index in [4.69, 9.17) is 0 Å². The Bertz CT molecular complexity index is 1120. The van der Waals surface area contributed by atoms with Gasteiger partial charge in [-0.3, -0.25) is 4.79 Å². The predicted molar refractivity (Wildman–Crippen MR) is 119 cm³/mol. The van der Waals surface area contributed by atoms with E-state index in [0.29, 0.717) is 10.7 Å². The van der Waals surface area contributed by atoms with Crippen LogP contribution in [-0.2, 0) is 14.8 Å². The maximum atomic E-state index is 12.6. The van der Waals surface area contributed by atoms with Gasteiger partial charge in [-0.2, -0.15) is 0 Å². The van der Waals surface area contributed by atoms with Crippen molar-refractivity contribution >= 4 is 33.4 Å². The number of aromatic nitrogens is 2. The molecule has 9 heteroatoms. The van der Waals surface area contributed by atoms with E-state index in [1.165, 1.54) is 44.3 Å². The van der Waals surface area contributed by atoms with Gasteiger partial charge in [-0.25, -0.2) is 22.7 Å². The number of amides is 1. The van der Waals surface area contributed by atoms with Crippen LogP contribution >= 0.6 is 11.8 Å². The maximum Gasteiger partial charge on any atom is 0.242 e. The molecule has 1 heterocycles. The number of nitrogens with one attached hydrogen (secondary N) is 1. The van der Waals surface area contributed by atoms with E-state index in [1.54, 1.807) is 19.1 Å². The molecular weight excluding hydrogens is 420 g/mol. The molecular formula is C21H22N4O3S2. The first-order valence-corrected chi connectivity index (χ1v) is 11.5. The average molecular weight is 443 g/mol. The fraction of sp³-hybridized carbons (Fsp3) is 0.190. The number of benzene rings is 2. The largest absolute Gasteiger partial charge is 0.325 e. The summed E-state index contributed by atoms with van der Waals surface area (Å²) in [6.45, 7) is 1.79. The van der Waals surface area contributed by atoms with Gasteiger partial charge in [0.15, 0.2) is 0 Å². The average Bonchev–Trinajstić information content (AvgIpc) is 2.75. The van der Waals surface area contributed by atoms with Crippen molar-refractivity contribution in [3.8, 4) is 11.3 Å². The summed E-state index contributed by atoms with van der Waals surface area (Å²) in [5.41, 5.74) is 2.29. The zero-order chi connectivity index (χ0) is 21.7. The van der Waals surface area contributed by atoms with E-state index in [0.717, 1.165) is 15.6 Å². The van der Waals surface area contributed by atoms with E-state index >= 15 is 0 Å². The van der Waals surface area contributed by atoms with Crippen LogP contribution in [0.15, 0.2) is 76.9 Å². The van der Waals surface area contributed by atoms with Crippen LogP contribution in [0.1, 0.15) is 6.92 Å². The van der Waals surface area contributed by atoms with Crippen molar-refractivity contribution in [2.24, 2.45) is 0 Å². The molecule has 1 unspecified atom stereocenters. The molecule has 0 aliphatic rings. The number of hydrogen-bond acceptors (Lipinski definition) is 6. The summed E-state index contributed by atoms with van der Waals surface area (Å²) >= 11 is 1.33. The molecule has 1 N–H and O–H groups in total. The number of thioether (sulfide) groups is 1. The lowest BCUT2D eigenvalue weighted by Crippen LogP contribution is -2.23. The number of carbonyl (C=O) groups is 1. The second kappa shape index (κ2) is 9.38. The molecule has 0 saturated carbocycles. The van der Waals surface area contributed by atoms with Crippen LogP contribution in [0.4, 0.5) is 5.69 Å². The van der Waals surface area contributed by atoms with Gasteiger partial charge in [0, 0.05) is 25.3 Å². The molecule has 2 aromatic carbocycles. The number of hydrogen-bond donors (Lipinski definition) is 1. The lowest BCUT2D eigenvalue weighted by molar-refractivity contribution is -0.115. The van der Waals surface area contributed by atoms with Gasteiger partial charge >= 0.3 is 0 Å². The monoisotopic (exact) mass is 442 g/mol. The molecule has 0 fully saturated rings. The second-order valence-electron chi connectivity index (χ2n) is 6.67. The van der Waals surface area contributed by atoms with Gasteiger partial charge in [0.05, 0.1) is 15.8 Å². The van der Waals surface area contributed by atoms with E-state index in [2.05, 4.69) is 15.3 Å². The predicted octanol–water partition coefficient (Wildman–Crippen LogP) is 3.51. The Balaban J connectivity index is 1.66. The number of nitrogens with zero attached hydrogens (tertiary/aromatic N) is 3. The molecule has 0 aliphatic heterocycles. The third-order valence-electron chi connectivity index (χ3n) is 4.28. The van der Waals surface area contributed by atoms with Crippen LogP contribution in [0.2, 0.25) is 0 Å². The van der Waals surface area contributed by atoms with Gasteiger partial charge in [-0.15, -0.1) is 0 Å². The smallest absolute Gasteiger partial charge is 0.242 e. The molecule has 1 atom stereocenters. The molecule has 1 amide bonds. The summed E-state index contributed by atoms with van der Waals surface area (Å²) in [5.74, 6) is -0.205. The van der Waals surface area contributed by atoms with Crippen molar-refractivity contribution < 1.29 is 13.2 Å². The topological polar surface area (TPSA) is 92.3 Å². The molecule has 156 valence electrons. The highest BCUT2D eigenvalue weighted by atomic mass is 32.2. The van der Waals surface area contributed by atoms with Gasteiger partial charge in [-0.05, 0) is 37.3 Å². The third kappa shape index (κ3) is 5.24. The Kier molecular flexibility index (Phi) is 6.86. The molecule has 3 rings (SSSR count). The lowest BCUT2D eigenvalue weighted by atomic mass is 10.1. The minimum Gasteiger partial charge on any atom is -0.325 e. The fourth-order valence-electron chi connectivity index (χ4n) is 2.57. The highest BCUT2D eigenvalue weighted by molar-refractivity contribution is 8.00. The zero-order valence-corrected chi connectivity index (χ0v) is 18.4. The Hall–Kier alpha value is -2.75. The fourth-order valence-corrected chi connectivity index (χ4v) is 4.29. The van der Waals surface area contributed by atoms with Crippen LogP contribution in [0.5, 0.6) is 0 Å². The Morgan fingerprint density at radius 3 is 2.33 bits per heavy atom. The van der Waals surface area contributed by atoms with Crippen molar-refractivity contribution in [2.75, 3.05) is 19.4 Å². The van der Waals surface area contributed by atoms with Crippen LogP contribution in [-0.4, -0.2) is 47.9 Å². The highest BCUT2D eigenvalue weighted by Gasteiger charge is 2.18. The number of sulfonamides is 1. The van der Waals surface area contributed by atoms with Gasteiger partial charge in [0.2, 0.25) is 15.9 Å². The van der Waals surface area contributed by atoms with Gasteiger partial charge < -0.3 is 5.32 Å². The molecule has 3 aromatic rings. The molecule has 0 spiro atoms. The SMILES string of the molecule is CC(Sc1cc(-c2ccccc2)ncn1)C(=O)Nc1ccc(S(=O)(=O)N(C)C)cc1. The highest BCUT2D eigenvalue weighted by Crippen LogP contribution is 2.26. The third-order valence-corrected chi connectivity index (χ3v) is 7.14. The first-order valence-electron chi connectivity index (χ1n) is 9.15. The molecule has 0 saturated heterocycles. The minimum atomic E-state index is -3.50. The summed E-state index contributed by atoms with van der Waals surface area (Å²) < 4.78 is 25.4. The summed E-state index contributed by atoms with van der Waals surface area (Å²) in [4.78, 5) is 21.3. The lowest BCUT2D eigenvalue weighted by Gasteiger charge is -2.14. The van der Waals surface area contributed by atoms with E-state index in [-0.39, 0.29) is 10.8 Å². The van der Waals surface area contributed by atoms with Crippen LogP contribution in [0.25, 0.3) is 11.3 Å². The summed E-state index contributed by atoms with van der Waals surface area (Å²) in [5, 5.41) is 3.09. The molecule has 0 bridgehead atoms. The van der Waals surface area contributed by atoms with E-state index in [1.807, 2.05) is 36.4 Å². The quantitative estimate of drug-likeness (QED) is 0.445. The number of carbonyl (C=O) groups excluding carboxylic acids is 1. The van der Waals surface area contributed by atoms with Gasteiger partial charge in [0.25, 0.3) is 0 Å². The Morgan fingerprint density at radius 1 is 1.03 bits per heavy atom. The van der Waals surface area contributed by atoms with Gasteiger partial charge in [-0.1, -0.05) is 42.1 Å². The van der Waals surface area contributed by atoms with Crippen molar-refractivity contribution in [3.05, 3.63) is 67.0 Å². The first kappa shape index (κ1) is 21.9. The zero-order valence-electron chi connectivity index (χ0n) is 16.8. The standard InChI is InChI=1S/C21H22N4O3S2/c1-15(29-20-13-19(22-14-23-20)16-7-5-4-6-8-16)21(26)24-17-9-11-18(12-10-17)30(27,28)25(2)3/h4-15H,1-3H3,(H,24,26). The second-order valence-corrected chi connectivity index (χ2v) is 10.2. The molecule has 0 radical (unpaired) electrons. The van der Waals surface area contributed by atoms with Crippen molar-refractivity contribution in [1.29, 1.82) is 0 Å². The molecule has 0 aliphatic carbocycles. The van der Waals surface area contributed by atoms with E-state index < -0.39 is 15.3 Å². The summed E-state index contributed by atoms with van der Waals surface area (Å²) in [6.07, 6.45) is 1.49. The first-order chi connectivity index (χ1) is 14.3. The van der Waals surface area contributed by atoms with E-state index in [9.17, 15) is 13.2 Å². The van der Waals surface area contributed by atoms with Crippen molar-refractivity contribution in [2.45, 2.75) is 22.1 Å². The summed E-state index contributed by atoms with van der Waals surface area (Å²) in [7, 11) is -0.559. The Morgan fingerprint density at radius 2 is 1.70 bits per heavy atom. The molecule has 1 aromatic heterocycles. The van der Waals surface area contributed by atoms with Gasteiger partial charge in [0.1, 0.15) is 11.4 Å². The normalized spacial score (nSPS) is 12.5. The summed E-state index contributed by atoms with van der Waals surface area (Å²) in [6, 6.07) is 17.7. The van der Waals surface area contributed by atoms with Crippen molar-refractivity contribution in [1.82, 2.24) is 14.3 Å².